The summed E-state index contributed by atoms with van der Waals surface area (Å²) in [5.74, 6) is 0.387. The molecule has 0 radical (unpaired) electrons. The van der Waals surface area contributed by atoms with Crippen LogP contribution in [-0.2, 0) is 0 Å². The van der Waals surface area contributed by atoms with Gasteiger partial charge >= 0.3 is 0 Å². The number of methoxy groups -OCH3 is 1. The molecule has 0 saturated carbocycles. The molecule has 1 aromatic carbocycles. The van der Waals surface area contributed by atoms with Crippen molar-refractivity contribution in [2.24, 2.45) is 0 Å². The summed E-state index contributed by atoms with van der Waals surface area (Å²) >= 11 is 9.26. The lowest BCUT2D eigenvalue weighted by molar-refractivity contribution is 0.0950. The summed E-state index contributed by atoms with van der Waals surface area (Å²) in [6.07, 6.45) is 4.49. The van der Waals surface area contributed by atoms with Crippen LogP contribution in [0.3, 0.4) is 0 Å². The molecule has 5 heteroatoms. The second-order valence-electron chi connectivity index (χ2n) is 4.20. The SMILES string of the molecule is COc1cc(Cl)ccc1C(=O)NCCCCCCBr. The summed E-state index contributed by atoms with van der Waals surface area (Å²) in [7, 11) is 1.53. The Kier molecular flexibility index (Phi) is 7.91. The quantitative estimate of drug-likeness (QED) is 0.569. The van der Waals surface area contributed by atoms with Crippen LogP contribution >= 0.6 is 27.5 Å². The average Bonchev–Trinajstić information content (AvgIpc) is 2.42. The Morgan fingerprint density at radius 1 is 1.32 bits per heavy atom. The van der Waals surface area contributed by atoms with Crippen molar-refractivity contribution in [1.82, 2.24) is 5.32 Å². The first-order valence-corrected chi connectivity index (χ1v) is 7.86. The van der Waals surface area contributed by atoms with Crippen LogP contribution in [-0.4, -0.2) is 24.9 Å². The van der Waals surface area contributed by atoms with E-state index in [2.05, 4.69) is 21.2 Å². The number of ether oxygens (including phenoxy) is 1. The zero-order valence-corrected chi connectivity index (χ0v) is 13.4. The number of carbonyl (C=O) groups excluding carboxylic acids is 1. The van der Waals surface area contributed by atoms with Crippen LogP contribution in [0.25, 0.3) is 0 Å². The van der Waals surface area contributed by atoms with Crippen LogP contribution in [0.5, 0.6) is 5.75 Å². The van der Waals surface area contributed by atoms with Gasteiger partial charge in [0.1, 0.15) is 5.75 Å². The molecule has 1 rings (SSSR count). The van der Waals surface area contributed by atoms with Gasteiger partial charge < -0.3 is 10.1 Å². The molecule has 0 aliphatic heterocycles. The molecule has 1 aromatic rings. The molecule has 0 atom stereocenters. The molecule has 0 spiro atoms. The molecular formula is C14H19BrClNO2. The van der Waals surface area contributed by atoms with Crippen molar-refractivity contribution in [1.29, 1.82) is 0 Å². The monoisotopic (exact) mass is 347 g/mol. The number of rotatable bonds is 8. The maximum Gasteiger partial charge on any atom is 0.255 e. The summed E-state index contributed by atoms with van der Waals surface area (Å²) in [6.45, 7) is 0.687. The van der Waals surface area contributed by atoms with Crippen molar-refractivity contribution in [3.05, 3.63) is 28.8 Å². The van der Waals surface area contributed by atoms with Gasteiger partial charge in [-0.3, -0.25) is 4.79 Å². The number of hydrogen-bond donors (Lipinski definition) is 1. The van der Waals surface area contributed by atoms with Crippen molar-refractivity contribution >= 4 is 33.4 Å². The Balaban J connectivity index is 2.41. The third-order valence-electron chi connectivity index (χ3n) is 2.75. The lowest BCUT2D eigenvalue weighted by Gasteiger charge is -2.09. The van der Waals surface area contributed by atoms with Crippen LogP contribution in [0, 0.1) is 0 Å². The number of halogens is 2. The average molecular weight is 349 g/mol. The third-order valence-corrected chi connectivity index (χ3v) is 3.55. The van der Waals surface area contributed by atoms with E-state index in [1.807, 2.05) is 0 Å². The van der Waals surface area contributed by atoms with E-state index in [0.717, 1.165) is 18.2 Å². The van der Waals surface area contributed by atoms with E-state index in [9.17, 15) is 4.79 Å². The number of alkyl halides is 1. The standard InChI is InChI=1S/C14H19BrClNO2/c1-19-13-10-11(16)6-7-12(13)14(18)17-9-5-3-2-4-8-15/h6-7,10H,2-5,8-9H2,1H3,(H,17,18). The molecule has 0 fully saturated rings. The highest BCUT2D eigenvalue weighted by Gasteiger charge is 2.11. The zero-order valence-electron chi connectivity index (χ0n) is 11.0. The fourth-order valence-corrected chi connectivity index (χ4v) is 2.28. The van der Waals surface area contributed by atoms with Crippen molar-refractivity contribution < 1.29 is 9.53 Å². The van der Waals surface area contributed by atoms with Crippen LogP contribution < -0.4 is 10.1 Å². The van der Waals surface area contributed by atoms with E-state index in [0.29, 0.717) is 22.9 Å². The number of hydrogen-bond acceptors (Lipinski definition) is 2. The normalized spacial score (nSPS) is 10.3. The van der Waals surface area contributed by atoms with Gasteiger partial charge in [0, 0.05) is 16.9 Å². The Labute approximate surface area is 127 Å². The molecule has 1 N–H and O–H groups in total. The Morgan fingerprint density at radius 2 is 2.05 bits per heavy atom. The molecule has 19 heavy (non-hydrogen) atoms. The fraction of sp³-hybridized carbons (Fsp3) is 0.500. The Bertz CT molecular complexity index is 412. The third kappa shape index (κ3) is 5.83. The van der Waals surface area contributed by atoms with Crippen molar-refractivity contribution in [3.8, 4) is 5.75 Å². The van der Waals surface area contributed by atoms with Gasteiger partial charge in [-0.15, -0.1) is 0 Å². The van der Waals surface area contributed by atoms with Crippen LogP contribution in [0.1, 0.15) is 36.0 Å². The van der Waals surface area contributed by atoms with E-state index in [-0.39, 0.29) is 5.91 Å². The van der Waals surface area contributed by atoms with Gasteiger partial charge in [-0.25, -0.2) is 0 Å². The number of nitrogens with one attached hydrogen (secondary N) is 1. The lowest BCUT2D eigenvalue weighted by atomic mass is 10.1. The highest BCUT2D eigenvalue weighted by Crippen LogP contribution is 2.22. The molecule has 0 aliphatic carbocycles. The predicted molar refractivity (Wildman–Crippen MR) is 82.6 cm³/mol. The summed E-state index contributed by atoms with van der Waals surface area (Å²) in [4.78, 5) is 12.0. The molecule has 0 bridgehead atoms. The van der Waals surface area contributed by atoms with Crippen molar-refractivity contribution in [2.75, 3.05) is 19.0 Å². The van der Waals surface area contributed by atoms with Crippen molar-refractivity contribution in [2.45, 2.75) is 25.7 Å². The van der Waals surface area contributed by atoms with E-state index in [4.69, 9.17) is 16.3 Å². The molecule has 3 nitrogen and oxygen atoms in total. The molecule has 0 unspecified atom stereocenters. The van der Waals surface area contributed by atoms with E-state index >= 15 is 0 Å². The highest BCUT2D eigenvalue weighted by atomic mass is 79.9. The number of amides is 1. The van der Waals surface area contributed by atoms with E-state index < -0.39 is 0 Å². The van der Waals surface area contributed by atoms with Gasteiger partial charge in [-0.2, -0.15) is 0 Å². The first kappa shape index (κ1) is 16.3. The predicted octanol–water partition coefficient (Wildman–Crippen LogP) is 4.03. The maximum absolute atomic E-state index is 12.0. The van der Waals surface area contributed by atoms with Crippen LogP contribution in [0.15, 0.2) is 18.2 Å². The number of carbonyl (C=O) groups is 1. The first-order chi connectivity index (χ1) is 9.19. The zero-order chi connectivity index (χ0) is 14.1. The molecular weight excluding hydrogens is 330 g/mol. The number of benzene rings is 1. The van der Waals surface area contributed by atoms with E-state index in [1.165, 1.54) is 20.0 Å². The van der Waals surface area contributed by atoms with Gasteiger partial charge in [0.15, 0.2) is 0 Å². The van der Waals surface area contributed by atoms with Crippen LogP contribution in [0.4, 0.5) is 0 Å². The van der Waals surface area contributed by atoms with Gasteiger partial charge in [0.05, 0.1) is 12.7 Å². The molecule has 1 amide bonds. The first-order valence-electron chi connectivity index (χ1n) is 6.36. The lowest BCUT2D eigenvalue weighted by Crippen LogP contribution is -2.24. The van der Waals surface area contributed by atoms with Gasteiger partial charge in [0.2, 0.25) is 0 Å². The van der Waals surface area contributed by atoms with Crippen LogP contribution in [0.2, 0.25) is 5.02 Å². The highest BCUT2D eigenvalue weighted by molar-refractivity contribution is 9.09. The minimum Gasteiger partial charge on any atom is -0.496 e. The largest absolute Gasteiger partial charge is 0.496 e. The Morgan fingerprint density at radius 3 is 2.74 bits per heavy atom. The summed E-state index contributed by atoms with van der Waals surface area (Å²) < 4.78 is 5.16. The van der Waals surface area contributed by atoms with E-state index in [1.54, 1.807) is 18.2 Å². The molecule has 0 aromatic heterocycles. The Hall–Kier alpha value is -0.740. The molecule has 0 saturated heterocycles. The summed E-state index contributed by atoms with van der Waals surface area (Å²) in [5.41, 5.74) is 0.521. The molecule has 0 aliphatic rings. The number of unbranched alkanes of at least 4 members (excludes halogenated alkanes) is 3. The maximum atomic E-state index is 12.0. The molecule has 0 heterocycles. The minimum absolute atomic E-state index is 0.117. The van der Waals surface area contributed by atoms with Crippen molar-refractivity contribution in [3.63, 3.8) is 0 Å². The van der Waals surface area contributed by atoms with Gasteiger partial charge in [-0.05, 0) is 31.0 Å². The fourth-order valence-electron chi connectivity index (χ4n) is 1.72. The summed E-state index contributed by atoms with van der Waals surface area (Å²) in [6, 6.07) is 5.02. The molecule has 106 valence electrons. The summed E-state index contributed by atoms with van der Waals surface area (Å²) in [5, 5.41) is 4.50. The second-order valence-corrected chi connectivity index (χ2v) is 5.43. The second kappa shape index (κ2) is 9.21. The topological polar surface area (TPSA) is 38.3 Å². The van der Waals surface area contributed by atoms with Gasteiger partial charge in [-0.1, -0.05) is 40.4 Å². The van der Waals surface area contributed by atoms with Gasteiger partial charge in [0.25, 0.3) is 5.91 Å². The minimum atomic E-state index is -0.117. The smallest absolute Gasteiger partial charge is 0.255 e.